The largest absolute Gasteiger partial charge is 0.497 e. The number of hydrogen-bond acceptors (Lipinski definition) is 2. The predicted molar refractivity (Wildman–Crippen MR) is 99.4 cm³/mol. The number of allylic oxidation sites excluding steroid dienone is 4. The molecule has 1 heterocycles. The Morgan fingerprint density at radius 1 is 1.29 bits per heavy atom. The van der Waals surface area contributed by atoms with Crippen molar-refractivity contribution < 1.29 is 4.74 Å². The van der Waals surface area contributed by atoms with Gasteiger partial charge in [-0.1, -0.05) is 42.4 Å². The van der Waals surface area contributed by atoms with Gasteiger partial charge in [-0.2, -0.15) is 0 Å². The molecule has 1 aromatic carbocycles. The minimum atomic E-state index is 0.170. The topological polar surface area (TPSA) is 21.3 Å². The molecule has 2 aliphatic carbocycles. The molecule has 3 aliphatic rings. The highest BCUT2D eigenvalue weighted by Gasteiger charge is 2.59. The molecule has 4 atom stereocenters. The van der Waals surface area contributed by atoms with Crippen LogP contribution in [0.1, 0.15) is 45.1 Å². The summed E-state index contributed by atoms with van der Waals surface area (Å²) in [5.41, 5.74) is 3.42. The first-order valence-corrected chi connectivity index (χ1v) is 9.35. The maximum absolute atomic E-state index is 5.55. The van der Waals surface area contributed by atoms with Gasteiger partial charge in [-0.3, -0.25) is 0 Å². The fourth-order valence-corrected chi connectivity index (χ4v) is 5.85. The highest BCUT2D eigenvalue weighted by Crippen LogP contribution is 2.62. The quantitative estimate of drug-likeness (QED) is 0.857. The van der Waals surface area contributed by atoms with Crippen molar-refractivity contribution in [2.45, 2.75) is 51.0 Å². The van der Waals surface area contributed by atoms with Crippen LogP contribution in [0.2, 0.25) is 0 Å². The Labute approximate surface area is 146 Å². The molecule has 0 aromatic heterocycles. The van der Waals surface area contributed by atoms with E-state index in [0.29, 0.717) is 12.0 Å². The van der Waals surface area contributed by atoms with Crippen LogP contribution in [0.15, 0.2) is 48.1 Å². The van der Waals surface area contributed by atoms with Crippen LogP contribution in [0, 0.1) is 11.3 Å². The third kappa shape index (κ3) is 2.12. The molecule has 1 aromatic rings. The van der Waals surface area contributed by atoms with Gasteiger partial charge in [0, 0.05) is 23.4 Å². The van der Waals surface area contributed by atoms with Gasteiger partial charge in [-0.15, -0.1) is 0 Å². The van der Waals surface area contributed by atoms with Crippen LogP contribution in [0.25, 0.3) is 0 Å². The second kappa shape index (κ2) is 5.77. The molecular weight excluding hydrogens is 294 g/mol. The number of methoxy groups -OCH3 is 1. The molecule has 1 saturated carbocycles. The zero-order chi connectivity index (χ0) is 16.8. The summed E-state index contributed by atoms with van der Waals surface area (Å²) in [5, 5.41) is 3.81. The van der Waals surface area contributed by atoms with Gasteiger partial charge in [0.25, 0.3) is 0 Å². The van der Waals surface area contributed by atoms with E-state index in [-0.39, 0.29) is 10.8 Å². The van der Waals surface area contributed by atoms with Gasteiger partial charge in [0.2, 0.25) is 0 Å². The lowest BCUT2D eigenvalue weighted by Gasteiger charge is -2.62. The molecule has 128 valence electrons. The third-order valence-corrected chi connectivity index (χ3v) is 6.93. The molecule has 2 nitrogen and oxygen atoms in total. The minimum Gasteiger partial charge on any atom is -0.497 e. The monoisotopic (exact) mass is 323 g/mol. The number of benzene rings is 1. The summed E-state index contributed by atoms with van der Waals surface area (Å²) in [6.45, 7) is 5.75. The summed E-state index contributed by atoms with van der Waals surface area (Å²) in [5.74, 6) is 1.65. The fourth-order valence-electron chi connectivity index (χ4n) is 5.85. The number of ether oxygens (including phenoxy) is 1. The lowest BCUT2D eigenvalue weighted by Crippen LogP contribution is -2.63. The van der Waals surface area contributed by atoms with E-state index in [2.05, 4.69) is 61.7 Å². The molecule has 1 aliphatic heterocycles. The van der Waals surface area contributed by atoms with Gasteiger partial charge < -0.3 is 10.1 Å². The van der Waals surface area contributed by atoms with Crippen molar-refractivity contribution in [1.82, 2.24) is 5.32 Å². The van der Waals surface area contributed by atoms with Crippen LogP contribution >= 0.6 is 0 Å². The number of nitrogens with one attached hydrogen (secondary N) is 1. The van der Waals surface area contributed by atoms with Crippen LogP contribution in [-0.2, 0) is 5.41 Å². The molecule has 1 saturated heterocycles. The van der Waals surface area contributed by atoms with Crippen molar-refractivity contribution in [3.63, 3.8) is 0 Å². The lowest BCUT2D eigenvalue weighted by atomic mass is 9.44. The van der Waals surface area contributed by atoms with Crippen molar-refractivity contribution >= 4 is 0 Å². The normalized spacial score (nSPS) is 38.0. The second-order valence-corrected chi connectivity index (χ2v) is 8.06. The van der Waals surface area contributed by atoms with Gasteiger partial charge in [0.05, 0.1) is 7.11 Å². The molecular formula is C22H29NO. The van der Waals surface area contributed by atoms with Gasteiger partial charge in [0.15, 0.2) is 0 Å². The van der Waals surface area contributed by atoms with E-state index in [1.54, 1.807) is 12.7 Å². The zero-order valence-corrected chi connectivity index (χ0v) is 15.1. The average molecular weight is 323 g/mol. The Morgan fingerprint density at radius 3 is 3.00 bits per heavy atom. The Hall–Kier alpha value is -1.54. The van der Waals surface area contributed by atoms with Crippen LogP contribution in [0.3, 0.4) is 0 Å². The molecule has 2 fully saturated rings. The predicted octanol–water partition coefficient (Wildman–Crippen LogP) is 4.62. The van der Waals surface area contributed by atoms with Crippen molar-refractivity contribution in [3.8, 4) is 5.75 Å². The highest BCUT2D eigenvalue weighted by atomic mass is 16.5. The zero-order valence-electron chi connectivity index (χ0n) is 15.1. The Kier molecular flexibility index (Phi) is 3.84. The van der Waals surface area contributed by atoms with Gasteiger partial charge in [-0.05, 0) is 56.7 Å². The first-order chi connectivity index (χ1) is 11.6. The smallest absolute Gasteiger partial charge is 0.119 e. The summed E-state index contributed by atoms with van der Waals surface area (Å²) in [7, 11) is 1.77. The fraction of sp³-hybridized carbons (Fsp3) is 0.545. The molecule has 4 rings (SSSR count). The van der Waals surface area contributed by atoms with Crippen molar-refractivity contribution in [1.29, 1.82) is 0 Å². The van der Waals surface area contributed by atoms with Crippen molar-refractivity contribution in [2.24, 2.45) is 11.3 Å². The van der Waals surface area contributed by atoms with Crippen LogP contribution in [-0.4, -0.2) is 19.7 Å². The third-order valence-electron chi connectivity index (χ3n) is 6.93. The molecule has 0 bridgehead atoms. The van der Waals surface area contributed by atoms with Gasteiger partial charge in [0.1, 0.15) is 5.75 Å². The molecule has 24 heavy (non-hydrogen) atoms. The van der Waals surface area contributed by atoms with Crippen LogP contribution < -0.4 is 10.1 Å². The van der Waals surface area contributed by atoms with E-state index in [1.807, 2.05) is 0 Å². The van der Waals surface area contributed by atoms with E-state index in [0.717, 1.165) is 12.3 Å². The van der Waals surface area contributed by atoms with E-state index in [4.69, 9.17) is 4.74 Å². The Balaban J connectivity index is 1.90. The molecule has 1 N–H and O–H groups in total. The van der Waals surface area contributed by atoms with Crippen LogP contribution in [0.5, 0.6) is 5.75 Å². The SMILES string of the molecule is COc1cccc(C23CCCC4C(C)=CC=CC42CC(C)NC3)c1. The summed E-state index contributed by atoms with van der Waals surface area (Å²) in [4.78, 5) is 0. The van der Waals surface area contributed by atoms with Crippen LogP contribution in [0.4, 0.5) is 0 Å². The summed E-state index contributed by atoms with van der Waals surface area (Å²) in [6.07, 6.45) is 12.3. The van der Waals surface area contributed by atoms with Gasteiger partial charge >= 0.3 is 0 Å². The van der Waals surface area contributed by atoms with E-state index in [9.17, 15) is 0 Å². The van der Waals surface area contributed by atoms with Crippen molar-refractivity contribution in [3.05, 3.63) is 53.6 Å². The molecule has 2 heteroatoms. The minimum absolute atomic E-state index is 0.170. The number of piperidine rings is 1. The van der Waals surface area contributed by atoms with E-state index < -0.39 is 0 Å². The maximum atomic E-state index is 5.55. The first-order valence-electron chi connectivity index (χ1n) is 9.35. The number of rotatable bonds is 2. The van der Waals surface area contributed by atoms with E-state index >= 15 is 0 Å². The molecule has 0 amide bonds. The lowest BCUT2D eigenvalue weighted by molar-refractivity contribution is 0.00687. The Bertz CT molecular complexity index is 691. The summed E-state index contributed by atoms with van der Waals surface area (Å²) in [6, 6.07) is 9.40. The average Bonchev–Trinajstić information content (AvgIpc) is 2.60. The van der Waals surface area contributed by atoms with Crippen molar-refractivity contribution in [2.75, 3.05) is 13.7 Å². The second-order valence-electron chi connectivity index (χ2n) is 8.06. The maximum Gasteiger partial charge on any atom is 0.119 e. The first kappa shape index (κ1) is 16.0. The molecule has 0 radical (unpaired) electrons. The summed E-state index contributed by atoms with van der Waals surface area (Å²) < 4.78 is 5.55. The van der Waals surface area contributed by atoms with E-state index in [1.165, 1.54) is 31.2 Å². The summed E-state index contributed by atoms with van der Waals surface area (Å²) >= 11 is 0. The molecule has 4 unspecified atom stereocenters. The highest BCUT2D eigenvalue weighted by molar-refractivity contribution is 5.43. The Morgan fingerprint density at radius 2 is 2.17 bits per heavy atom. The molecule has 1 spiro atoms. The standard InChI is InChI=1S/C22H29NO/c1-16-7-5-11-21-14-17(2)23-15-22(21,12-6-10-20(16)21)18-8-4-9-19(13-18)24-3/h4-5,7-9,11,13,17,20,23H,6,10,12,14-15H2,1-3H3. The number of hydrogen-bond donors (Lipinski definition) is 1. The van der Waals surface area contributed by atoms with Gasteiger partial charge in [-0.25, -0.2) is 0 Å².